The van der Waals surface area contributed by atoms with E-state index in [-0.39, 0.29) is 16.9 Å². The molecule has 20 heavy (non-hydrogen) atoms. The average molecular weight is 299 g/mol. The van der Waals surface area contributed by atoms with Crippen LogP contribution in [0.4, 0.5) is 4.39 Å². The fraction of sp³-hybridized carbons (Fsp3) is 0.625. The van der Waals surface area contributed by atoms with Crippen LogP contribution in [-0.2, 0) is 0 Å². The third-order valence-corrected chi connectivity index (χ3v) is 4.43. The predicted octanol–water partition coefficient (Wildman–Crippen LogP) is 3.86. The van der Waals surface area contributed by atoms with Gasteiger partial charge in [0.15, 0.2) is 0 Å². The number of hydrogen-bond donors (Lipinski definition) is 1. The molecular formula is C16H24ClFN2. The SMILES string of the molecule is CCCNCC1CCCN(C)C1c1ccc(Cl)c(F)c1. The van der Waals surface area contributed by atoms with Crippen LogP contribution in [0.2, 0.25) is 5.02 Å². The highest BCUT2D eigenvalue weighted by Gasteiger charge is 2.30. The van der Waals surface area contributed by atoms with Gasteiger partial charge in [-0.2, -0.15) is 0 Å². The van der Waals surface area contributed by atoms with E-state index in [2.05, 4.69) is 24.2 Å². The van der Waals surface area contributed by atoms with Crippen molar-refractivity contribution in [3.8, 4) is 0 Å². The van der Waals surface area contributed by atoms with Crippen LogP contribution in [0.1, 0.15) is 37.8 Å². The minimum Gasteiger partial charge on any atom is -0.316 e. The van der Waals surface area contributed by atoms with Crippen molar-refractivity contribution >= 4 is 11.6 Å². The van der Waals surface area contributed by atoms with Crippen LogP contribution in [0.15, 0.2) is 18.2 Å². The van der Waals surface area contributed by atoms with Crippen LogP contribution in [0, 0.1) is 11.7 Å². The fourth-order valence-corrected chi connectivity index (χ4v) is 3.28. The van der Waals surface area contributed by atoms with Crippen LogP contribution in [-0.4, -0.2) is 31.6 Å². The molecule has 1 heterocycles. The van der Waals surface area contributed by atoms with Crippen molar-refractivity contribution < 1.29 is 4.39 Å². The summed E-state index contributed by atoms with van der Waals surface area (Å²) in [6.07, 6.45) is 3.54. The highest BCUT2D eigenvalue weighted by molar-refractivity contribution is 6.30. The largest absolute Gasteiger partial charge is 0.316 e. The second-order valence-electron chi connectivity index (χ2n) is 5.71. The molecule has 1 fully saturated rings. The zero-order chi connectivity index (χ0) is 14.5. The average Bonchev–Trinajstić information content (AvgIpc) is 2.43. The van der Waals surface area contributed by atoms with E-state index in [1.807, 2.05) is 6.07 Å². The van der Waals surface area contributed by atoms with Gasteiger partial charge < -0.3 is 5.32 Å². The number of nitrogens with one attached hydrogen (secondary N) is 1. The lowest BCUT2D eigenvalue weighted by Gasteiger charge is -2.40. The molecule has 1 aliphatic rings. The van der Waals surface area contributed by atoms with Gasteiger partial charge in [-0.15, -0.1) is 0 Å². The monoisotopic (exact) mass is 298 g/mol. The summed E-state index contributed by atoms with van der Waals surface area (Å²) >= 11 is 5.79. The molecule has 4 heteroatoms. The number of rotatable bonds is 5. The molecule has 1 saturated heterocycles. The van der Waals surface area contributed by atoms with Crippen molar-refractivity contribution in [1.29, 1.82) is 0 Å². The lowest BCUT2D eigenvalue weighted by molar-refractivity contribution is 0.119. The van der Waals surface area contributed by atoms with Crippen LogP contribution >= 0.6 is 11.6 Å². The normalized spacial score (nSPS) is 24.0. The maximum Gasteiger partial charge on any atom is 0.142 e. The summed E-state index contributed by atoms with van der Waals surface area (Å²) in [6.45, 7) is 5.28. The van der Waals surface area contributed by atoms with Gasteiger partial charge in [-0.1, -0.05) is 24.6 Å². The Labute approximate surface area is 126 Å². The topological polar surface area (TPSA) is 15.3 Å². The van der Waals surface area contributed by atoms with E-state index in [1.54, 1.807) is 12.1 Å². The molecule has 1 aliphatic heterocycles. The molecule has 2 rings (SSSR count). The van der Waals surface area contributed by atoms with Crippen molar-refractivity contribution in [3.63, 3.8) is 0 Å². The van der Waals surface area contributed by atoms with Crippen molar-refractivity contribution in [2.24, 2.45) is 5.92 Å². The van der Waals surface area contributed by atoms with Gasteiger partial charge in [-0.25, -0.2) is 4.39 Å². The Morgan fingerprint density at radius 3 is 2.95 bits per heavy atom. The third kappa shape index (κ3) is 3.72. The van der Waals surface area contributed by atoms with Crippen LogP contribution in [0.3, 0.4) is 0 Å². The van der Waals surface area contributed by atoms with Gasteiger partial charge in [0.1, 0.15) is 5.82 Å². The molecule has 0 amide bonds. The first-order valence-corrected chi connectivity index (χ1v) is 7.87. The molecule has 0 spiro atoms. The van der Waals surface area contributed by atoms with Crippen molar-refractivity contribution in [3.05, 3.63) is 34.6 Å². The Morgan fingerprint density at radius 2 is 2.25 bits per heavy atom. The molecule has 0 saturated carbocycles. The number of likely N-dealkylation sites (tertiary alicyclic amines) is 1. The first-order valence-electron chi connectivity index (χ1n) is 7.49. The van der Waals surface area contributed by atoms with Crippen LogP contribution in [0.25, 0.3) is 0 Å². The third-order valence-electron chi connectivity index (χ3n) is 4.13. The molecule has 1 aromatic carbocycles. The number of halogens is 2. The smallest absolute Gasteiger partial charge is 0.142 e. The lowest BCUT2D eigenvalue weighted by atomic mass is 9.85. The minimum atomic E-state index is -0.316. The Balaban J connectivity index is 2.15. The van der Waals surface area contributed by atoms with Crippen LogP contribution < -0.4 is 5.32 Å². The highest BCUT2D eigenvalue weighted by atomic mass is 35.5. The summed E-state index contributed by atoms with van der Waals surface area (Å²) in [5.41, 5.74) is 1.04. The Morgan fingerprint density at radius 1 is 1.45 bits per heavy atom. The van der Waals surface area contributed by atoms with Gasteiger partial charge in [0.05, 0.1) is 5.02 Å². The maximum absolute atomic E-state index is 13.7. The summed E-state index contributed by atoms with van der Waals surface area (Å²) in [6, 6.07) is 5.51. The Bertz CT molecular complexity index is 438. The van der Waals surface area contributed by atoms with E-state index in [0.717, 1.165) is 31.6 Å². The summed E-state index contributed by atoms with van der Waals surface area (Å²) in [5.74, 6) is 0.212. The summed E-state index contributed by atoms with van der Waals surface area (Å²) in [5, 5.41) is 3.71. The van der Waals surface area contributed by atoms with Gasteiger partial charge in [0.25, 0.3) is 0 Å². The Kier molecular flexibility index (Phi) is 5.82. The fourth-order valence-electron chi connectivity index (χ4n) is 3.16. The zero-order valence-electron chi connectivity index (χ0n) is 12.3. The van der Waals surface area contributed by atoms with E-state index >= 15 is 0 Å². The second-order valence-corrected chi connectivity index (χ2v) is 6.11. The molecule has 0 aliphatic carbocycles. The van der Waals surface area contributed by atoms with E-state index in [0.29, 0.717) is 5.92 Å². The van der Waals surface area contributed by atoms with Gasteiger partial charge in [0, 0.05) is 6.04 Å². The standard InChI is InChI=1S/C16H24ClFN2/c1-3-8-19-11-13-5-4-9-20(2)16(13)12-6-7-14(17)15(18)10-12/h6-7,10,13,16,19H,3-5,8-9,11H2,1-2H3. The second kappa shape index (κ2) is 7.39. The van der Waals surface area contributed by atoms with Gasteiger partial charge >= 0.3 is 0 Å². The summed E-state index contributed by atoms with van der Waals surface area (Å²) in [7, 11) is 2.13. The van der Waals surface area contributed by atoms with Crippen molar-refractivity contribution in [2.45, 2.75) is 32.2 Å². The number of benzene rings is 1. The number of nitrogens with zero attached hydrogens (tertiary/aromatic N) is 1. The number of piperidine rings is 1. The minimum absolute atomic E-state index is 0.202. The van der Waals surface area contributed by atoms with Gasteiger partial charge in [-0.3, -0.25) is 4.90 Å². The quantitative estimate of drug-likeness (QED) is 0.830. The lowest BCUT2D eigenvalue weighted by Crippen LogP contribution is -2.40. The summed E-state index contributed by atoms with van der Waals surface area (Å²) < 4.78 is 13.7. The van der Waals surface area contributed by atoms with Gasteiger partial charge in [-0.05, 0) is 69.6 Å². The van der Waals surface area contributed by atoms with Crippen LogP contribution in [0.5, 0.6) is 0 Å². The molecule has 0 radical (unpaired) electrons. The van der Waals surface area contributed by atoms with Crippen molar-refractivity contribution in [1.82, 2.24) is 10.2 Å². The molecule has 0 bridgehead atoms. The van der Waals surface area contributed by atoms with E-state index in [1.165, 1.54) is 12.8 Å². The highest BCUT2D eigenvalue weighted by Crippen LogP contribution is 2.35. The Hall–Kier alpha value is -0.640. The molecule has 2 unspecified atom stereocenters. The summed E-state index contributed by atoms with van der Waals surface area (Å²) in [4.78, 5) is 2.34. The molecule has 0 aromatic heterocycles. The first kappa shape index (κ1) is 15.7. The van der Waals surface area contributed by atoms with E-state index in [9.17, 15) is 4.39 Å². The molecule has 2 nitrogen and oxygen atoms in total. The molecule has 112 valence electrons. The van der Waals surface area contributed by atoms with E-state index in [4.69, 9.17) is 11.6 Å². The molecule has 1 N–H and O–H groups in total. The predicted molar refractivity (Wildman–Crippen MR) is 82.7 cm³/mol. The zero-order valence-corrected chi connectivity index (χ0v) is 13.1. The molecule has 1 aromatic rings. The number of hydrogen-bond acceptors (Lipinski definition) is 2. The van der Waals surface area contributed by atoms with E-state index < -0.39 is 0 Å². The molecular weight excluding hydrogens is 275 g/mol. The first-order chi connectivity index (χ1) is 9.63. The maximum atomic E-state index is 13.7. The van der Waals surface area contributed by atoms with Gasteiger partial charge in [0.2, 0.25) is 0 Å². The van der Waals surface area contributed by atoms with Crippen molar-refractivity contribution in [2.75, 3.05) is 26.7 Å². The molecule has 2 atom stereocenters.